The maximum absolute atomic E-state index is 12.3. The smallest absolute Gasteiger partial charge is 0.248 e. The van der Waals surface area contributed by atoms with Crippen molar-refractivity contribution in [3.63, 3.8) is 0 Å². The molecule has 0 aliphatic rings. The fourth-order valence-corrected chi connectivity index (χ4v) is 2.79. The normalized spacial score (nSPS) is 10.2. The van der Waals surface area contributed by atoms with Gasteiger partial charge in [-0.1, -0.05) is 12.1 Å². The van der Waals surface area contributed by atoms with Gasteiger partial charge >= 0.3 is 0 Å². The Balaban J connectivity index is 1.97. The Morgan fingerprint density at radius 1 is 1.03 bits per heavy atom. The van der Waals surface area contributed by atoms with E-state index in [2.05, 4.69) is 5.32 Å². The average Bonchev–Trinajstić information content (AvgIpc) is 2.71. The summed E-state index contributed by atoms with van der Waals surface area (Å²) in [6, 6.07) is 11.8. The number of ether oxygens (including phenoxy) is 2. The van der Waals surface area contributed by atoms with E-state index in [9.17, 15) is 14.4 Å². The fraction of sp³-hybridized carbons (Fsp3) is 0.286. The number of rotatable bonds is 9. The number of carbonyl (C=O) groups excluding carboxylic acids is 3. The second kappa shape index (κ2) is 10.1. The van der Waals surface area contributed by atoms with Crippen molar-refractivity contribution in [3.05, 3.63) is 53.6 Å². The number of hydrogen-bond acceptors (Lipinski definition) is 5. The molecule has 0 spiro atoms. The second-order valence-corrected chi connectivity index (χ2v) is 6.31. The Kier molecular flexibility index (Phi) is 7.59. The van der Waals surface area contributed by atoms with Gasteiger partial charge in [-0.05, 0) is 42.3 Å². The lowest BCUT2D eigenvalue weighted by atomic mass is 10.1. The van der Waals surface area contributed by atoms with Crippen LogP contribution in [0.1, 0.15) is 22.8 Å². The molecule has 29 heavy (non-hydrogen) atoms. The van der Waals surface area contributed by atoms with Gasteiger partial charge in [-0.25, -0.2) is 0 Å². The van der Waals surface area contributed by atoms with Gasteiger partial charge in [-0.2, -0.15) is 0 Å². The molecule has 3 amide bonds. The number of anilines is 1. The van der Waals surface area contributed by atoms with E-state index < -0.39 is 5.91 Å². The van der Waals surface area contributed by atoms with E-state index in [0.717, 1.165) is 5.56 Å². The van der Waals surface area contributed by atoms with E-state index in [-0.39, 0.29) is 23.9 Å². The first-order valence-electron chi connectivity index (χ1n) is 9.01. The van der Waals surface area contributed by atoms with Crippen molar-refractivity contribution in [2.45, 2.75) is 13.3 Å². The molecule has 0 saturated heterocycles. The highest BCUT2D eigenvalue weighted by Crippen LogP contribution is 2.27. The molecule has 0 fully saturated rings. The van der Waals surface area contributed by atoms with Crippen LogP contribution in [0.25, 0.3) is 0 Å². The van der Waals surface area contributed by atoms with Crippen LogP contribution in [0.3, 0.4) is 0 Å². The summed E-state index contributed by atoms with van der Waals surface area (Å²) < 4.78 is 10.5. The van der Waals surface area contributed by atoms with Crippen LogP contribution in [0.4, 0.5) is 5.69 Å². The van der Waals surface area contributed by atoms with Gasteiger partial charge in [0.25, 0.3) is 0 Å². The van der Waals surface area contributed by atoms with Crippen LogP contribution in [-0.4, -0.2) is 45.0 Å². The summed E-state index contributed by atoms with van der Waals surface area (Å²) in [5.74, 6) is 0.0190. The highest BCUT2D eigenvalue weighted by Gasteiger charge is 2.17. The highest BCUT2D eigenvalue weighted by molar-refractivity contribution is 5.99. The number of amides is 3. The minimum Gasteiger partial charge on any atom is -0.493 e. The zero-order valence-electron chi connectivity index (χ0n) is 16.7. The number of benzene rings is 2. The quantitative estimate of drug-likeness (QED) is 0.664. The number of hydrogen-bond donors (Lipinski definition) is 2. The maximum atomic E-state index is 12.3. The molecule has 0 atom stereocenters. The predicted octanol–water partition coefficient (Wildman–Crippen LogP) is 1.51. The van der Waals surface area contributed by atoms with E-state index in [1.165, 1.54) is 17.9 Å². The van der Waals surface area contributed by atoms with Gasteiger partial charge in [0.05, 0.1) is 14.2 Å². The molecule has 0 bridgehead atoms. The second-order valence-electron chi connectivity index (χ2n) is 6.31. The van der Waals surface area contributed by atoms with Crippen molar-refractivity contribution in [2.75, 3.05) is 32.2 Å². The third kappa shape index (κ3) is 5.97. The van der Waals surface area contributed by atoms with Crippen molar-refractivity contribution >= 4 is 23.4 Å². The molecule has 0 radical (unpaired) electrons. The topological polar surface area (TPSA) is 111 Å². The number of primary amides is 1. The minimum absolute atomic E-state index is 0.163. The average molecular weight is 399 g/mol. The van der Waals surface area contributed by atoms with Gasteiger partial charge in [-0.3, -0.25) is 14.4 Å². The molecule has 2 rings (SSSR count). The summed E-state index contributed by atoms with van der Waals surface area (Å²) in [4.78, 5) is 37.0. The first-order valence-corrected chi connectivity index (χ1v) is 9.01. The summed E-state index contributed by atoms with van der Waals surface area (Å²) in [5, 5.41) is 2.79. The molecule has 0 aliphatic heterocycles. The molecule has 0 heterocycles. The third-order valence-corrected chi connectivity index (χ3v) is 4.31. The zero-order valence-corrected chi connectivity index (χ0v) is 16.7. The van der Waals surface area contributed by atoms with Crippen LogP contribution in [-0.2, 0) is 16.0 Å². The Labute approximate surface area is 169 Å². The van der Waals surface area contributed by atoms with Crippen LogP contribution in [0.2, 0.25) is 0 Å². The first kappa shape index (κ1) is 21.7. The van der Waals surface area contributed by atoms with Crippen LogP contribution >= 0.6 is 0 Å². The molecule has 0 saturated carbocycles. The van der Waals surface area contributed by atoms with Crippen molar-refractivity contribution in [2.24, 2.45) is 5.73 Å². The Morgan fingerprint density at radius 3 is 2.38 bits per heavy atom. The standard InChI is InChI=1S/C21H25N3O5/c1-14(25)24(17-6-4-5-16(12-17)21(22)27)13-20(26)23-10-9-15-7-8-18(28-2)19(11-15)29-3/h4-8,11-12H,9-10,13H2,1-3H3,(H2,22,27)(H,23,26). The van der Waals surface area contributed by atoms with E-state index in [1.54, 1.807) is 38.5 Å². The maximum Gasteiger partial charge on any atom is 0.248 e. The van der Waals surface area contributed by atoms with Crippen LogP contribution in [0.5, 0.6) is 11.5 Å². The highest BCUT2D eigenvalue weighted by atomic mass is 16.5. The van der Waals surface area contributed by atoms with Crippen molar-refractivity contribution in [1.29, 1.82) is 0 Å². The molecule has 8 nitrogen and oxygen atoms in total. The predicted molar refractivity (Wildman–Crippen MR) is 109 cm³/mol. The van der Waals surface area contributed by atoms with Crippen molar-refractivity contribution in [1.82, 2.24) is 5.32 Å². The monoisotopic (exact) mass is 399 g/mol. The molecule has 3 N–H and O–H groups in total. The number of nitrogens with zero attached hydrogens (tertiary/aromatic N) is 1. The molecular weight excluding hydrogens is 374 g/mol. The van der Waals surface area contributed by atoms with Gasteiger partial charge in [0.1, 0.15) is 6.54 Å². The Bertz CT molecular complexity index is 898. The van der Waals surface area contributed by atoms with Crippen LogP contribution in [0.15, 0.2) is 42.5 Å². The number of carbonyl (C=O) groups is 3. The zero-order chi connectivity index (χ0) is 21.4. The lowest BCUT2D eigenvalue weighted by molar-refractivity contribution is -0.123. The lowest BCUT2D eigenvalue weighted by Crippen LogP contribution is -2.40. The van der Waals surface area contributed by atoms with E-state index in [4.69, 9.17) is 15.2 Å². The molecule has 2 aromatic rings. The molecular formula is C21H25N3O5. The van der Waals surface area contributed by atoms with Gasteiger partial charge in [0.15, 0.2) is 11.5 Å². The van der Waals surface area contributed by atoms with Crippen LogP contribution < -0.4 is 25.4 Å². The van der Waals surface area contributed by atoms with Gasteiger partial charge < -0.3 is 25.4 Å². The minimum atomic E-state index is -0.602. The third-order valence-electron chi connectivity index (χ3n) is 4.31. The van der Waals surface area contributed by atoms with E-state index >= 15 is 0 Å². The number of methoxy groups -OCH3 is 2. The van der Waals surface area contributed by atoms with Crippen LogP contribution in [0, 0.1) is 0 Å². The number of nitrogens with two attached hydrogens (primary N) is 1. The van der Waals surface area contributed by atoms with Gasteiger partial charge in [-0.15, -0.1) is 0 Å². The summed E-state index contributed by atoms with van der Waals surface area (Å²) in [6.07, 6.45) is 0.587. The first-order chi connectivity index (χ1) is 13.8. The summed E-state index contributed by atoms with van der Waals surface area (Å²) in [6.45, 7) is 1.58. The van der Waals surface area contributed by atoms with Crippen molar-refractivity contribution in [3.8, 4) is 11.5 Å². The largest absolute Gasteiger partial charge is 0.493 e. The van der Waals surface area contributed by atoms with Gasteiger partial charge in [0.2, 0.25) is 17.7 Å². The van der Waals surface area contributed by atoms with Gasteiger partial charge in [0, 0.05) is 24.7 Å². The summed E-state index contributed by atoms with van der Waals surface area (Å²) >= 11 is 0. The fourth-order valence-electron chi connectivity index (χ4n) is 2.79. The molecule has 0 aliphatic carbocycles. The van der Waals surface area contributed by atoms with Crippen molar-refractivity contribution < 1.29 is 23.9 Å². The SMILES string of the molecule is COc1ccc(CCNC(=O)CN(C(C)=O)c2cccc(C(N)=O)c2)cc1OC. The Hall–Kier alpha value is -3.55. The lowest BCUT2D eigenvalue weighted by Gasteiger charge is -2.21. The van der Waals surface area contributed by atoms with E-state index in [1.807, 2.05) is 12.1 Å². The molecule has 0 aromatic heterocycles. The molecule has 154 valence electrons. The molecule has 8 heteroatoms. The summed E-state index contributed by atoms with van der Waals surface area (Å²) in [5.41, 5.74) is 6.95. The Morgan fingerprint density at radius 2 is 1.76 bits per heavy atom. The molecule has 2 aromatic carbocycles. The summed E-state index contributed by atoms with van der Waals surface area (Å²) in [7, 11) is 3.13. The molecule has 0 unspecified atom stereocenters. The van der Waals surface area contributed by atoms with E-state index in [0.29, 0.717) is 30.2 Å². The number of nitrogens with one attached hydrogen (secondary N) is 1.